The lowest BCUT2D eigenvalue weighted by Gasteiger charge is -2.25. The van der Waals surface area contributed by atoms with Gasteiger partial charge in [-0.1, -0.05) is 0 Å². The molecule has 0 aliphatic rings. The maximum Gasteiger partial charge on any atom is 0.244 e. The van der Waals surface area contributed by atoms with Gasteiger partial charge in [-0.05, 0) is 18.2 Å². The number of hydrogen-bond donors (Lipinski definition) is 6. The first kappa shape index (κ1) is 10.7. The Balaban J connectivity index is 3.24. The molecule has 0 saturated carbocycles. The second-order valence-electron chi connectivity index (χ2n) is 2.95. The van der Waals surface area contributed by atoms with Gasteiger partial charge in [-0.25, -0.2) is 0 Å². The van der Waals surface area contributed by atoms with Gasteiger partial charge in [0.15, 0.2) is 0 Å². The van der Waals surface area contributed by atoms with Gasteiger partial charge in [-0.2, -0.15) is 0 Å². The highest BCUT2D eigenvalue weighted by Gasteiger charge is 2.35. The molecule has 0 atom stereocenters. The Bertz CT molecular complexity index is 338. The predicted molar refractivity (Wildman–Crippen MR) is 49.6 cm³/mol. The largest absolute Gasteiger partial charge is 0.399 e. The molecular weight excluding hydrogens is 188 g/mol. The van der Waals surface area contributed by atoms with Crippen molar-refractivity contribution >= 4 is 11.4 Å². The van der Waals surface area contributed by atoms with E-state index in [1.165, 1.54) is 12.1 Å². The van der Waals surface area contributed by atoms with Gasteiger partial charge in [-0.15, -0.1) is 0 Å². The van der Waals surface area contributed by atoms with Crippen LogP contribution in [0.1, 0.15) is 5.56 Å². The maximum absolute atomic E-state index is 9.29. The van der Waals surface area contributed by atoms with E-state index in [2.05, 4.69) is 0 Å². The molecule has 1 aromatic carbocycles. The Hall–Kier alpha value is -1.34. The van der Waals surface area contributed by atoms with Crippen molar-refractivity contribution in [2.75, 3.05) is 11.5 Å². The molecule has 14 heavy (non-hydrogen) atoms. The average Bonchev–Trinajstić information content (AvgIpc) is 2.08. The van der Waals surface area contributed by atoms with Crippen LogP contribution in [0.4, 0.5) is 11.4 Å². The van der Waals surface area contributed by atoms with Gasteiger partial charge in [0.2, 0.25) is 12.1 Å². The molecule has 0 aliphatic heterocycles. The van der Waals surface area contributed by atoms with Crippen LogP contribution in [0.25, 0.3) is 0 Å². The highest BCUT2D eigenvalue weighted by molar-refractivity contribution is 5.56. The fraction of sp³-hybridized carbons (Fsp3) is 0.250. The normalized spacial score (nSPS) is 12.1. The van der Waals surface area contributed by atoms with E-state index >= 15 is 0 Å². The number of benzene rings is 1. The van der Waals surface area contributed by atoms with E-state index in [1.807, 2.05) is 0 Å². The van der Waals surface area contributed by atoms with Crippen molar-refractivity contribution < 1.29 is 20.4 Å². The Morgan fingerprint density at radius 3 is 2.21 bits per heavy atom. The molecule has 0 aromatic heterocycles. The molecular formula is C8H12N2O4. The summed E-state index contributed by atoms with van der Waals surface area (Å²) >= 11 is 0. The van der Waals surface area contributed by atoms with Gasteiger partial charge in [-0.3, -0.25) is 0 Å². The van der Waals surface area contributed by atoms with Crippen LogP contribution in [0.3, 0.4) is 0 Å². The van der Waals surface area contributed by atoms with Crippen molar-refractivity contribution in [1.29, 1.82) is 0 Å². The van der Waals surface area contributed by atoms with Crippen LogP contribution in [0.5, 0.6) is 0 Å². The molecule has 0 fully saturated rings. The maximum atomic E-state index is 9.29. The van der Waals surface area contributed by atoms with Gasteiger partial charge in [0.25, 0.3) is 0 Å². The van der Waals surface area contributed by atoms with E-state index in [0.717, 1.165) is 6.07 Å². The molecule has 1 aromatic rings. The standard InChI is InChI=1S/C8H12N2O4/c9-4-1-2-6(10)5(3-4)8(13,14)7(11)12/h1-3,7,11-14H,9-10H2. The molecule has 0 amide bonds. The smallest absolute Gasteiger partial charge is 0.244 e. The zero-order chi connectivity index (χ0) is 10.9. The summed E-state index contributed by atoms with van der Waals surface area (Å²) in [7, 11) is 0. The van der Waals surface area contributed by atoms with Crippen LogP contribution in [-0.4, -0.2) is 26.7 Å². The third-order valence-electron chi connectivity index (χ3n) is 1.83. The zero-order valence-corrected chi connectivity index (χ0v) is 7.25. The molecule has 0 bridgehead atoms. The van der Waals surface area contributed by atoms with E-state index in [-0.39, 0.29) is 16.9 Å². The van der Waals surface area contributed by atoms with E-state index in [0.29, 0.717) is 0 Å². The first-order chi connectivity index (χ1) is 6.35. The lowest BCUT2D eigenvalue weighted by molar-refractivity contribution is -0.298. The fourth-order valence-electron chi connectivity index (χ4n) is 1.03. The Kier molecular flexibility index (Phi) is 2.63. The summed E-state index contributed by atoms with van der Waals surface area (Å²) in [6.07, 6.45) is -2.36. The number of aliphatic hydroxyl groups is 4. The second kappa shape index (κ2) is 3.43. The summed E-state index contributed by atoms with van der Waals surface area (Å²) in [5.74, 6) is -2.82. The molecule has 0 saturated heterocycles. The first-order valence-corrected chi connectivity index (χ1v) is 3.82. The van der Waals surface area contributed by atoms with Crippen LogP contribution < -0.4 is 11.5 Å². The van der Waals surface area contributed by atoms with Crippen molar-refractivity contribution in [1.82, 2.24) is 0 Å². The van der Waals surface area contributed by atoms with Gasteiger partial charge in [0, 0.05) is 16.9 Å². The van der Waals surface area contributed by atoms with E-state index < -0.39 is 12.1 Å². The molecule has 0 aliphatic carbocycles. The molecule has 1 rings (SSSR count). The Labute approximate surface area is 80.0 Å². The predicted octanol–water partition coefficient (Wildman–Crippen LogP) is -1.70. The summed E-state index contributed by atoms with van der Waals surface area (Å²) in [5, 5.41) is 36.0. The van der Waals surface area contributed by atoms with Crippen LogP contribution in [0.2, 0.25) is 0 Å². The van der Waals surface area contributed by atoms with Gasteiger partial charge < -0.3 is 31.9 Å². The summed E-state index contributed by atoms with van der Waals surface area (Å²) in [6.45, 7) is 0. The molecule has 78 valence electrons. The highest BCUT2D eigenvalue weighted by atomic mass is 16.6. The number of nitrogens with two attached hydrogens (primary N) is 2. The number of anilines is 2. The number of hydrogen-bond acceptors (Lipinski definition) is 6. The minimum absolute atomic E-state index is 0.0114. The molecule has 6 heteroatoms. The molecule has 0 radical (unpaired) electrons. The van der Waals surface area contributed by atoms with Crippen molar-refractivity contribution in [3.8, 4) is 0 Å². The molecule has 0 spiro atoms. The quantitative estimate of drug-likeness (QED) is 0.249. The monoisotopic (exact) mass is 200 g/mol. The lowest BCUT2D eigenvalue weighted by atomic mass is 10.0. The topological polar surface area (TPSA) is 133 Å². The minimum Gasteiger partial charge on any atom is -0.399 e. The van der Waals surface area contributed by atoms with Crippen LogP contribution in [0, 0.1) is 0 Å². The molecule has 8 N–H and O–H groups in total. The number of nitrogen functional groups attached to an aromatic ring is 2. The van der Waals surface area contributed by atoms with Crippen LogP contribution in [-0.2, 0) is 5.79 Å². The number of rotatable bonds is 2. The van der Waals surface area contributed by atoms with E-state index in [1.54, 1.807) is 0 Å². The summed E-state index contributed by atoms with van der Waals surface area (Å²) in [5.41, 5.74) is 10.8. The van der Waals surface area contributed by atoms with Gasteiger partial charge in [0.1, 0.15) is 0 Å². The summed E-state index contributed by atoms with van der Waals surface area (Å²) < 4.78 is 0. The zero-order valence-electron chi connectivity index (χ0n) is 7.25. The van der Waals surface area contributed by atoms with Crippen molar-refractivity contribution in [3.63, 3.8) is 0 Å². The van der Waals surface area contributed by atoms with Crippen molar-refractivity contribution in [2.45, 2.75) is 12.1 Å². The molecule has 0 heterocycles. The van der Waals surface area contributed by atoms with E-state index in [4.69, 9.17) is 21.7 Å². The second-order valence-corrected chi connectivity index (χ2v) is 2.95. The van der Waals surface area contributed by atoms with Gasteiger partial charge in [0.05, 0.1) is 0 Å². The highest BCUT2D eigenvalue weighted by Crippen LogP contribution is 2.28. The minimum atomic E-state index is -2.82. The average molecular weight is 200 g/mol. The van der Waals surface area contributed by atoms with Gasteiger partial charge >= 0.3 is 0 Å². The molecule has 6 nitrogen and oxygen atoms in total. The van der Waals surface area contributed by atoms with Crippen LogP contribution in [0.15, 0.2) is 18.2 Å². The lowest BCUT2D eigenvalue weighted by Crippen LogP contribution is -2.39. The molecule has 0 unspecified atom stereocenters. The summed E-state index contributed by atoms with van der Waals surface area (Å²) in [6, 6.07) is 3.96. The van der Waals surface area contributed by atoms with Crippen molar-refractivity contribution in [3.05, 3.63) is 23.8 Å². The SMILES string of the molecule is Nc1ccc(N)c(C(O)(O)C(O)O)c1. The number of aliphatic hydroxyl groups excluding tert-OH is 1. The fourth-order valence-corrected chi connectivity index (χ4v) is 1.03. The summed E-state index contributed by atoms with van der Waals surface area (Å²) in [4.78, 5) is 0. The third kappa shape index (κ3) is 1.78. The van der Waals surface area contributed by atoms with Crippen molar-refractivity contribution in [2.24, 2.45) is 0 Å². The van der Waals surface area contributed by atoms with Crippen LogP contribution >= 0.6 is 0 Å². The Morgan fingerprint density at radius 2 is 1.71 bits per heavy atom. The van der Waals surface area contributed by atoms with E-state index in [9.17, 15) is 10.2 Å². The Morgan fingerprint density at radius 1 is 1.14 bits per heavy atom. The first-order valence-electron chi connectivity index (χ1n) is 3.82. The third-order valence-corrected chi connectivity index (χ3v) is 1.83.